The maximum absolute atomic E-state index is 13.9. The molecule has 7 heteroatoms. The number of benzene rings is 2. The third-order valence-electron chi connectivity index (χ3n) is 6.70. The molecule has 3 aromatic rings. The van der Waals surface area contributed by atoms with E-state index in [1.807, 2.05) is 55.5 Å². The molecule has 2 aromatic carbocycles. The number of ether oxygens (including phenoxy) is 3. The molecule has 0 spiro atoms. The number of pyridine rings is 1. The van der Waals surface area contributed by atoms with Crippen LogP contribution in [0.2, 0.25) is 0 Å². The summed E-state index contributed by atoms with van der Waals surface area (Å²) in [4.78, 5) is 13.9. The zero-order chi connectivity index (χ0) is 26.0. The first-order valence-corrected chi connectivity index (χ1v) is 11.9. The molecule has 0 bridgehead atoms. The highest BCUT2D eigenvalue weighted by Crippen LogP contribution is 2.40. The Morgan fingerprint density at radius 1 is 1.08 bits per heavy atom. The molecule has 36 heavy (non-hydrogen) atoms. The van der Waals surface area contributed by atoms with Gasteiger partial charge in [0.25, 0.3) is 5.56 Å². The van der Waals surface area contributed by atoms with Crippen molar-refractivity contribution in [1.82, 2.24) is 4.57 Å². The van der Waals surface area contributed by atoms with Crippen molar-refractivity contribution in [3.63, 3.8) is 0 Å². The molecule has 0 fully saturated rings. The number of aryl methyl sites for hydroxylation is 2. The van der Waals surface area contributed by atoms with Crippen LogP contribution in [0.15, 0.2) is 64.8 Å². The van der Waals surface area contributed by atoms with Crippen molar-refractivity contribution >= 4 is 0 Å². The highest BCUT2D eigenvalue weighted by atomic mass is 16.5. The minimum absolute atomic E-state index is 0.0322. The van der Waals surface area contributed by atoms with Crippen LogP contribution in [-0.4, -0.2) is 18.8 Å². The van der Waals surface area contributed by atoms with E-state index >= 15 is 0 Å². The monoisotopic (exact) mass is 485 g/mol. The summed E-state index contributed by atoms with van der Waals surface area (Å²) in [5, 5.41) is 9.92. The lowest BCUT2D eigenvalue weighted by molar-refractivity contribution is 0.354. The molecule has 4 rings (SSSR count). The SMILES string of the molecule is COc1ccc(CCn2c(C)cc3c(c2=O)[C@@H](c2ccc(C(C)C)cc2)C(C#N)=C(N)O3)cc1OC. The van der Waals surface area contributed by atoms with E-state index in [9.17, 15) is 10.1 Å². The number of fused-ring (bicyclic) bond motifs is 1. The summed E-state index contributed by atoms with van der Waals surface area (Å²) in [6.07, 6.45) is 0.609. The Balaban J connectivity index is 1.76. The van der Waals surface area contributed by atoms with Gasteiger partial charge in [0.1, 0.15) is 17.4 Å². The molecule has 0 aliphatic carbocycles. The summed E-state index contributed by atoms with van der Waals surface area (Å²) in [7, 11) is 3.19. The highest BCUT2D eigenvalue weighted by molar-refractivity contribution is 5.55. The fourth-order valence-corrected chi connectivity index (χ4v) is 4.65. The predicted molar refractivity (Wildman–Crippen MR) is 139 cm³/mol. The third-order valence-corrected chi connectivity index (χ3v) is 6.70. The van der Waals surface area contributed by atoms with Gasteiger partial charge in [-0.05, 0) is 48.1 Å². The Hall–Kier alpha value is -4.18. The van der Waals surface area contributed by atoms with Gasteiger partial charge in [0.2, 0.25) is 5.88 Å². The molecule has 2 N–H and O–H groups in total. The van der Waals surface area contributed by atoms with Gasteiger partial charge in [0.05, 0.1) is 25.7 Å². The molecule has 1 aliphatic heterocycles. The topological polar surface area (TPSA) is 99.5 Å². The van der Waals surface area contributed by atoms with Gasteiger partial charge in [-0.25, -0.2) is 0 Å². The second-order valence-electron chi connectivity index (χ2n) is 9.21. The lowest BCUT2D eigenvalue weighted by Gasteiger charge is -2.27. The number of allylic oxidation sites excluding steroid dienone is 1. The molecule has 2 heterocycles. The molecule has 186 valence electrons. The van der Waals surface area contributed by atoms with E-state index in [1.165, 1.54) is 5.56 Å². The van der Waals surface area contributed by atoms with Crippen molar-refractivity contribution in [2.45, 2.75) is 45.6 Å². The normalized spacial score (nSPS) is 14.8. The summed E-state index contributed by atoms with van der Waals surface area (Å²) in [6.45, 7) is 6.56. The van der Waals surface area contributed by atoms with Crippen molar-refractivity contribution in [2.75, 3.05) is 14.2 Å². The summed E-state index contributed by atoms with van der Waals surface area (Å²) >= 11 is 0. The van der Waals surface area contributed by atoms with Crippen LogP contribution in [0, 0.1) is 18.3 Å². The van der Waals surface area contributed by atoms with Crippen molar-refractivity contribution in [3.8, 4) is 23.3 Å². The molecule has 0 unspecified atom stereocenters. The average Bonchev–Trinajstić information content (AvgIpc) is 2.87. The van der Waals surface area contributed by atoms with Gasteiger partial charge in [-0.15, -0.1) is 0 Å². The number of nitriles is 1. The van der Waals surface area contributed by atoms with E-state index in [2.05, 4.69) is 19.9 Å². The first kappa shape index (κ1) is 24.9. The molecule has 0 radical (unpaired) electrons. The molecule has 7 nitrogen and oxygen atoms in total. The second-order valence-corrected chi connectivity index (χ2v) is 9.21. The van der Waals surface area contributed by atoms with Crippen LogP contribution in [-0.2, 0) is 13.0 Å². The van der Waals surface area contributed by atoms with E-state index in [-0.39, 0.29) is 17.0 Å². The Bertz CT molecular complexity index is 1410. The third kappa shape index (κ3) is 4.55. The fourth-order valence-electron chi connectivity index (χ4n) is 4.65. The maximum atomic E-state index is 13.9. The highest BCUT2D eigenvalue weighted by Gasteiger charge is 2.34. The van der Waals surface area contributed by atoms with E-state index in [0.717, 1.165) is 16.8 Å². The molecule has 1 aliphatic rings. The Labute approximate surface area is 211 Å². The molecule has 1 atom stereocenters. The second kappa shape index (κ2) is 10.2. The number of aromatic nitrogens is 1. The van der Waals surface area contributed by atoms with Gasteiger partial charge in [-0.3, -0.25) is 4.79 Å². The summed E-state index contributed by atoms with van der Waals surface area (Å²) in [5.74, 6) is 1.50. The van der Waals surface area contributed by atoms with Gasteiger partial charge in [-0.1, -0.05) is 44.2 Å². The first-order valence-electron chi connectivity index (χ1n) is 11.9. The van der Waals surface area contributed by atoms with E-state index < -0.39 is 5.92 Å². The average molecular weight is 486 g/mol. The van der Waals surface area contributed by atoms with Crippen LogP contribution >= 0.6 is 0 Å². The minimum Gasteiger partial charge on any atom is -0.493 e. The zero-order valence-electron chi connectivity index (χ0n) is 21.3. The number of rotatable bonds is 7. The van der Waals surface area contributed by atoms with Gasteiger partial charge in [0.15, 0.2) is 11.5 Å². The molecular weight excluding hydrogens is 454 g/mol. The minimum atomic E-state index is -0.597. The first-order chi connectivity index (χ1) is 17.3. The van der Waals surface area contributed by atoms with Crippen LogP contribution in [0.5, 0.6) is 17.2 Å². The summed E-state index contributed by atoms with van der Waals surface area (Å²) in [6, 6.07) is 17.7. The van der Waals surface area contributed by atoms with Gasteiger partial charge >= 0.3 is 0 Å². The lowest BCUT2D eigenvalue weighted by atomic mass is 9.83. The van der Waals surface area contributed by atoms with Crippen LogP contribution in [0.3, 0.4) is 0 Å². The quantitative estimate of drug-likeness (QED) is 0.518. The molecule has 0 saturated carbocycles. The van der Waals surface area contributed by atoms with Crippen molar-refractivity contribution in [2.24, 2.45) is 5.73 Å². The number of methoxy groups -OCH3 is 2. The Morgan fingerprint density at radius 2 is 1.78 bits per heavy atom. The van der Waals surface area contributed by atoms with Crippen molar-refractivity contribution < 1.29 is 14.2 Å². The smallest absolute Gasteiger partial charge is 0.258 e. The summed E-state index contributed by atoms with van der Waals surface area (Å²) < 4.78 is 18.2. The van der Waals surface area contributed by atoms with Gasteiger partial charge in [-0.2, -0.15) is 5.26 Å². The Kier molecular flexibility index (Phi) is 7.07. The van der Waals surface area contributed by atoms with Crippen LogP contribution in [0.4, 0.5) is 0 Å². The predicted octanol–water partition coefficient (Wildman–Crippen LogP) is 4.76. The van der Waals surface area contributed by atoms with Crippen molar-refractivity contribution in [1.29, 1.82) is 5.26 Å². The van der Waals surface area contributed by atoms with Crippen LogP contribution in [0.25, 0.3) is 0 Å². The number of hydrogen-bond donors (Lipinski definition) is 1. The van der Waals surface area contributed by atoms with Gasteiger partial charge < -0.3 is 24.5 Å². The fraction of sp³-hybridized carbons (Fsp3) is 0.310. The number of nitrogens with zero attached hydrogens (tertiary/aromatic N) is 2. The zero-order valence-corrected chi connectivity index (χ0v) is 21.3. The number of hydrogen-bond acceptors (Lipinski definition) is 6. The molecule has 0 amide bonds. The standard InChI is InChI=1S/C29H31N3O4/c1-17(2)20-7-9-21(10-8-20)26-22(16-30)28(31)36-25-14-18(3)32(29(33)27(25)26)13-12-19-6-11-23(34-4)24(15-19)35-5/h6-11,14-15,17,26H,12-13,31H2,1-5H3/t26-/m0/s1. The molecular formula is C29H31N3O4. The van der Waals surface area contributed by atoms with Gasteiger partial charge in [0, 0.05) is 18.3 Å². The largest absolute Gasteiger partial charge is 0.493 e. The van der Waals surface area contributed by atoms with Crippen LogP contribution in [0.1, 0.15) is 53.6 Å². The maximum Gasteiger partial charge on any atom is 0.258 e. The number of nitrogens with two attached hydrogens (primary N) is 1. The molecule has 1 aromatic heterocycles. The molecule has 0 saturated heterocycles. The van der Waals surface area contributed by atoms with Crippen molar-refractivity contribution in [3.05, 3.63) is 98.3 Å². The lowest BCUT2D eigenvalue weighted by Crippen LogP contribution is -2.33. The summed E-state index contributed by atoms with van der Waals surface area (Å²) in [5.41, 5.74) is 10.4. The van der Waals surface area contributed by atoms with E-state index in [1.54, 1.807) is 18.8 Å². The van der Waals surface area contributed by atoms with Crippen LogP contribution < -0.4 is 25.5 Å². The van der Waals surface area contributed by atoms with E-state index in [4.69, 9.17) is 19.9 Å². The van der Waals surface area contributed by atoms with E-state index in [0.29, 0.717) is 41.7 Å². The Morgan fingerprint density at radius 3 is 2.39 bits per heavy atom.